The van der Waals surface area contributed by atoms with Gasteiger partial charge < -0.3 is 10.2 Å². The van der Waals surface area contributed by atoms with E-state index in [1.165, 1.54) is 21.3 Å². The number of hydrogen-bond acceptors (Lipinski definition) is 4. The molecule has 140 valence electrons. The molecule has 1 aliphatic rings. The number of rotatable bonds is 5. The van der Waals surface area contributed by atoms with Crippen LogP contribution in [0.2, 0.25) is 0 Å². The van der Waals surface area contributed by atoms with Crippen LogP contribution < -0.4 is 10.2 Å². The van der Waals surface area contributed by atoms with Gasteiger partial charge in [-0.05, 0) is 36.1 Å². The molecule has 0 atom stereocenters. The second kappa shape index (κ2) is 8.11. The molecule has 0 spiro atoms. The summed E-state index contributed by atoms with van der Waals surface area (Å²) in [4.78, 5) is 17.0. The molecule has 0 aliphatic carbocycles. The summed E-state index contributed by atoms with van der Waals surface area (Å²) in [7, 11) is 0. The Bertz CT molecular complexity index is 911. The summed E-state index contributed by atoms with van der Waals surface area (Å²) in [5.41, 5.74) is 3.70. The van der Waals surface area contributed by atoms with Gasteiger partial charge in [0.15, 0.2) is 0 Å². The molecule has 3 aromatic rings. The molecule has 4 nitrogen and oxygen atoms in total. The fourth-order valence-electron chi connectivity index (χ4n) is 3.57. The minimum atomic E-state index is 0.101. The number of anilines is 1. The van der Waals surface area contributed by atoms with Gasteiger partial charge in [0.25, 0.3) is 0 Å². The molecule has 0 saturated carbocycles. The molecule has 2 heterocycles. The summed E-state index contributed by atoms with van der Waals surface area (Å²) in [5, 5.41) is 6.53. The summed E-state index contributed by atoms with van der Waals surface area (Å²) in [6, 6.07) is 17.0. The number of nitrogens with zero attached hydrogens (tertiary/aromatic N) is 2. The Balaban J connectivity index is 1.27. The van der Waals surface area contributed by atoms with Gasteiger partial charge in [-0.15, -0.1) is 11.3 Å². The van der Waals surface area contributed by atoms with Crippen LogP contribution in [0.3, 0.4) is 0 Å². The van der Waals surface area contributed by atoms with E-state index in [9.17, 15) is 4.79 Å². The number of aryl methyl sites for hydroxylation is 1. The lowest BCUT2D eigenvalue weighted by atomic mass is 10.1. The highest BCUT2D eigenvalue weighted by molar-refractivity contribution is 7.17. The highest BCUT2D eigenvalue weighted by Gasteiger charge is 2.20. The number of carbonyl (C=O) groups is 1. The van der Waals surface area contributed by atoms with Gasteiger partial charge in [-0.3, -0.25) is 9.69 Å². The smallest absolute Gasteiger partial charge is 0.234 e. The molecule has 1 N–H and O–H groups in total. The van der Waals surface area contributed by atoms with E-state index >= 15 is 0 Å². The van der Waals surface area contributed by atoms with Crippen molar-refractivity contribution in [2.75, 3.05) is 37.6 Å². The van der Waals surface area contributed by atoms with E-state index in [4.69, 9.17) is 0 Å². The molecule has 0 bridgehead atoms. The molecule has 2 aromatic carbocycles. The van der Waals surface area contributed by atoms with Crippen LogP contribution in [0.5, 0.6) is 0 Å². The Labute approximate surface area is 164 Å². The van der Waals surface area contributed by atoms with Gasteiger partial charge in [0, 0.05) is 48.5 Å². The van der Waals surface area contributed by atoms with E-state index in [1.807, 2.05) is 0 Å². The standard InChI is InChI=1S/C22H25N3OS/c1-17-5-7-18(8-6-17)15-23-22(26)16-24-10-12-25(13-11-24)20-3-2-4-21-19(20)9-14-27-21/h2-9,14H,10-13,15-16H2,1H3,(H,23,26). The minimum Gasteiger partial charge on any atom is -0.368 e. The van der Waals surface area contributed by atoms with Crippen molar-refractivity contribution in [3.63, 3.8) is 0 Å². The number of amides is 1. The maximum absolute atomic E-state index is 12.3. The second-order valence-corrected chi connectivity index (χ2v) is 8.08. The van der Waals surface area contributed by atoms with Crippen molar-refractivity contribution in [1.29, 1.82) is 0 Å². The van der Waals surface area contributed by atoms with Crippen LogP contribution in [-0.2, 0) is 11.3 Å². The van der Waals surface area contributed by atoms with Crippen LogP contribution in [0.1, 0.15) is 11.1 Å². The van der Waals surface area contributed by atoms with Crippen molar-refractivity contribution in [2.45, 2.75) is 13.5 Å². The quantitative estimate of drug-likeness (QED) is 0.735. The summed E-state index contributed by atoms with van der Waals surface area (Å²) >= 11 is 1.79. The molecule has 27 heavy (non-hydrogen) atoms. The third-order valence-corrected chi connectivity index (χ3v) is 6.05. The molecule has 1 amide bonds. The SMILES string of the molecule is Cc1ccc(CNC(=O)CN2CCN(c3cccc4sccc34)CC2)cc1. The predicted octanol–water partition coefficient (Wildman–Crippen LogP) is 3.65. The first-order valence-electron chi connectivity index (χ1n) is 9.45. The predicted molar refractivity (Wildman–Crippen MR) is 114 cm³/mol. The Morgan fingerprint density at radius 3 is 2.59 bits per heavy atom. The van der Waals surface area contributed by atoms with Gasteiger partial charge in [0.1, 0.15) is 0 Å². The minimum absolute atomic E-state index is 0.101. The van der Waals surface area contributed by atoms with Crippen molar-refractivity contribution in [2.24, 2.45) is 0 Å². The van der Waals surface area contributed by atoms with Gasteiger partial charge in [-0.25, -0.2) is 0 Å². The van der Waals surface area contributed by atoms with Crippen LogP contribution in [0.25, 0.3) is 10.1 Å². The average molecular weight is 380 g/mol. The molecular weight excluding hydrogens is 354 g/mol. The molecule has 1 aliphatic heterocycles. The fraction of sp³-hybridized carbons (Fsp3) is 0.318. The summed E-state index contributed by atoms with van der Waals surface area (Å²) in [6.45, 7) is 6.89. The van der Waals surface area contributed by atoms with Crippen molar-refractivity contribution in [3.05, 3.63) is 65.0 Å². The fourth-order valence-corrected chi connectivity index (χ4v) is 4.37. The first-order chi connectivity index (χ1) is 13.2. The second-order valence-electron chi connectivity index (χ2n) is 7.14. The Hall–Kier alpha value is -2.37. The average Bonchev–Trinajstić information content (AvgIpc) is 3.17. The number of thiophene rings is 1. The van der Waals surface area contributed by atoms with Gasteiger partial charge in [-0.1, -0.05) is 35.9 Å². The van der Waals surface area contributed by atoms with Gasteiger partial charge in [0.05, 0.1) is 6.54 Å². The molecule has 1 saturated heterocycles. The molecule has 1 aromatic heterocycles. The zero-order valence-electron chi connectivity index (χ0n) is 15.6. The first kappa shape index (κ1) is 18.0. The van der Waals surface area contributed by atoms with Crippen molar-refractivity contribution in [1.82, 2.24) is 10.2 Å². The van der Waals surface area contributed by atoms with E-state index < -0.39 is 0 Å². The Morgan fingerprint density at radius 2 is 1.81 bits per heavy atom. The normalized spacial score (nSPS) is 15.2. The third-order valence-electron chi connectivity index (χ3n) is 5.16. The number of benzene rings is 2. The van der Waals surface area contributed by atoms with Gasteiger partial charge >= 0.3 is 0 Å². The zero-order chi connectivity index (χ0) is 18.6. The first-order valence-corrected chi connectivity index (χ1v) is 10.3. The Morgan fingerprint density at radius 1 is 1.04 bits per heavy atom. The van der Waals surface area contributed by atoms with Crippen molar-refractivity contribution >= 4 is 33.0 Å². The van der Waals surface area contributed by atoms with E-state index in [2.05, 4.69) is 76.0 Å². The third kappa shape index (κ3) is 4.31. The van der Waals surface area contributed by atoms with E-state index in [1.54, 1.807) is 11.3 Å². The van der Waals surface area contributed by atoms with E-state index in [-0.39, 0.29) is 5.91 Å². The number of piperazine rings is 1. The van der Waals surface area contributed by atoms with Crippen LogP contribution in [0.15, 0.2) is 53.9 Å². The lowest BCUT2D eigenvalue weighted by molar-refractivity contribution is -0.122. The lowest BCUT2D eigenvalue weighted by Crippen LogP contribution is -2.49. The van der Waals surface area contributed by atoms with Crippen molar-refractivity contribution in [3.8, 4) is 0 Å². The number of hydrogen-bond donors (Lipinski definition) is 1. The number of nitrogens with one attached hydrogen (secondary N) is 1. The van der Waals surface area contributed by atoms with Crippen LogP contribution in [-0.4, -0.2) is 43.5 Å². The molecule has 0 unspecified atom stereocenters. The van der Waals surface area contributed by atoms with Crippen LogP contribution >= 0.6 is 11.3 Å². The molecular formula is C22H25N3OS. The van der Waals surface area contributed by atoms with Gasteiger partial charge in [-0.2, -0.15) is 0 Å². The topological polar surface area (TPSA) is 35.6 Å². The Kier molecular flexibility index (Phi) is 5.41. The highest BCUT2D eigenvalue weighted by atomic mass is 32.1. The van der Waals surface area contributed by atoms with Gasteiger partial charge in [0.2, 0.25) is 5.91 Å². The largest absolute Gasteiger partial charge is 0.368 e. The molecule has 5 heteroatoms. The molecule has 0 radical (unpaired) electrons. The lowest BCUT2D eigenvalue weighted by Gasteiger charge is -2.36. The summed E-state index contributed by atoms with van der Waals surface area (Å²) < 4.78 is 1.34. The number of carbonyl (C=O) groups excluding carboxylic acids is 1. The maximum atomic E-state index is 12.3. The summed E-state index contributed by atoms with van der Waals surface area (Å²) in [5.74, 6) is 0.101. The van der Waals surface area contributed by atoms with E-state index in [0.717, 1.165) is 31.7 Å². The monoisotopic (exact) mass is 379 g/mol. The highest BCUT2D eigenvalue weighted by Crippen LogP contribution is 2.31. The zero-order valence-corrected chi connectivity index (χ0v) is 16.5. The van der Waals surface area contributed by atoms with E-state index in [0.29, 0.717) is 13.1 Å². The summed E-state index contributed by atoms with van der Waals surface area (Å²) in [6.07, 6.45) is 0. The van der Waals surface area contributed by atoms with Crippen LogP contribution in [0, 0.1) is 6.92 Å². The number of fused-ring (bicyclic) bond motifs is 1. The molecule has 4 rings (SSSR count). The van der Waals surface area contributed by atoms with Crippen LogP contribution in [0.4, 0.5) is 5.69 Å². The maximum Gasteiger partial charge on any atom is 0.234 e. The molecule has 1 fully saturated rings. The van der Waals surface area contributed by atoms with Crippen molar-refractivity contribution < 1.29 is 4.79 Å².